The van der Waals surface area contributed by atoms with Crippen molar-refractivity contribution in [2.75, 3.05) is 0 Å². The van der Waals surface area contributed by atoms with Gasteiger partial charge in [-0.1, -0.05) is 18.9 Å². The maximum absolute atomic E-state index is 10.8. The van der Waals surface area contributed by atoms with E-state index in [1.807, 2.05) is 13.0 Å². The van der Waals surface area contributed by atoms with Crippen LogP contribution in [-0.2, 0) is 0 Å². The second kappa shape index (κ2) is 4.51. The molecule has 0 aromatic carbocycles. The Morgan fingerprint density at radius 1 is 1.56 bits per heavy atom. The average molecular weight is 134 g/mol. The topological polar surface area (TPSA) is 23.1 Å². The summed E-state index contributed by atoms with van der Waals surface area (Å²) >= 11 is 0. The number of rotatable bonds is 0. The van der Waals surface area contributed by atoms with Gasteiger partial charge in [-0.2, -0.15) is 0 Å². The Morgan fingerprint density at radius 2 is 2.22 bits per heavy atom. The first-order chi connectivity index (χ1) is 3.80. The molecule has 0 saturated heterocycles. The largest absolute Gasteiger partial charge is 1.00 e. The third-order valence-electron chi connectivity index (χ3n) is 1.68. The van der Waals surface area contributed by atoms with Gasteiger partial charge in [0.25, 0.3) is 0 Å². The molecular formula is C7H11NaO. The minimum atomic E-state index is -0.427. The average Bonchev–Trinajstić information content (AvgIpc) is 1.77. The molecular weight excluding hydrogens is 123 g/mol. The van der Waals surface area contributed by atoms with Crippen molar-refractivity contribution in [1.29, 1.82) is 0 Å². The Hall–Kier alpha value is 0.700. The van der Waals surface area contributed by atoms with Crippen molar-refractivity contribution in [2.45, 2.75) is 25.9 Å². The summed E-state index contributed by atoms with van der Waals surface area (Å²) in [6, 6.07) is 0. The smallest absolute Gasteiger partial charge is 0.849 e. The molecule has 0 aliphatic heterocycles. The fourth-order valence-electron chi connectivity index (χ4n) is 0.943. The maximum Gasteiger partial charge on any atom is 1.00 e. The fraction of sp³-hybridized carbons (Fsp3) is 0.714. The van der Waals surface area contributed by atoms with Gasteiger partial charge in [-0.15, -0.1) is 12.2 Å². The Morgan fingerprint density at radius 3 is 2.56 bits per heavy atom. The SMILES string of the molecule is CC1CCC=CC1[O-].[Na+]. The zero-order valence-corrected chi connectivity index (χ0v) is 8.13. The molecule has 1 aliphatic carbocycles. The molecule has 9 heavy (non-hydrogen) atoms. The van der Waals surface area contributed by atoms with Gasteiger partial charge in [-0.25, -0.2) is 0 Å². The Labute approximate surface area is 78.4 Å². The Bertz CT molecular complexity index is 101. The van der Waals surface area contributed by atoms with Gasteiger partial charge < -0.3 is 5.11 Å². The molecule has 0 radical (unpaired) electrons. The van der Waals surface area contributed by atoms with Crippen LogP contribution in [0.3, 0.4) is 0 Å². The molecule has 0 aromatic heterocycles. The summed E-state index contributed by atoms with van der Waals surface area (Å²) in [4.78, 5) is 0. The molecule has 0 amide bonds. The molecule has 1 rings (SSSR count). The van der Waals surface area contributed by atoms with E-state index in [0.29, 0.717) is 5.92 Å². The molecule has 0 spiro atoms. The normalized spacial score (nSPS) is 33.6. The number of allylic oxidation sites excluding steroid dienone is 1. The second-order valence-corrected chi connectivity index (χ2v) is 2.45. The van der Waals surface area contributed by atoms with Crippen molar-refractivity contribution in [1.82, 2.24) is 0 Å². The van der Waals surface area contributed by atoms with E-state index in [1.165, 1.54) is 0 Å². The van der Waals surface area contributed by atoms with Gasteiger partial charge in [0.05, 0.1) is 0 Å². The van der Waals surface area contributed by atoms with Gasteiger partial charge in [-0.05, 0) is 12.8 Å². The predicted octanol–water partition coefficient (Wildman–Crippen LogP) is -2.29. The van der Waals surface area contributed by atoms with E-state index in [9.17, 15) is 5.11 Å². The van der Waals surface area contributed by atoms with Crippen LogP contribution < -0.4 is 34.7 Å². The summed E-state index contributed by atoms with van der Waals surface area (Å²) in [7, 11) is 0. The fourth-order valence-corrected chi connectivity index (χ4v) is 0.943. The van der Waals surface area contributed by atoms with Gasteiger partial charge in [0.15, 0.2) is 0 Å². The maximum atomic E-state index is 10.8. The first-order valence-corrected chi connectivity index (χ1v) is 3.13. The van der Waals surface area contributed by atoms with Crippen LogP contribution in [-0.4, -0.2) is 6.10 Å². The summed E-state index contributed by atoms with van der Waals surface area (Å²) in [5, 5.41) is 10.8. The molecule has 0 saturated carbocycles. The van der Waals surface area contributed by atoms with E-state index < -0.39 is 6.10 Å². The van der Waals surface area contributed by atoms with E-state index in [2.05, 4.69) is 0 Å². The standard InChI is InChI=1S/C7H11O.Na/c1-6-4-2-3-5-7(6)8;/h3,5-7H,2,4H2,1H3;/q-1;+1. The van der Waals surface area contributed by atoms with Gasteiger partial charge in [0, 0.05) is 0 Å². The summed E-state index contributed by atoms with van der Waals surface area (Å²) in [5.41, 5.74) is 0. The van der Waals surface area contributed by atoms with E-state index in [0.717, 1.165) is 12.8 Å². The van der Waals surface area contributed by atoms with Crippen LogP contribution in [0.5, 0.6) is 0 Å². The van der Waals surface area contributed by atoms with Crippen LogP contribution in [0.4, 0.5) is 0 Å². The molecule has 0 heterocycles. The minimum Gasteiger partial charge on any atom is -0.849 e. The molecule has 1 nitrogen and oxygen atoms in total. The zero-order chi connectivity index (χ0) is 5.98. The van der Waals surface area contributed by atoms with Crippen molar-refractivity contribution in [2.24, 2.45) is 5.92 Å². The third kappa shape index (κ3) is 2.85. The van der Waals surface area contributed by atoms with Crippen LogP contribution in [0, 0.1) is 5.92 Å². The van der Waals surface area contributed by atoms with E-state index >= 15 is 0 Å². The molecule has 0 aromatic rings. The summed E-state index contributed by atoms with van der Waals surface area (Å²) in [5.74, 6) is 0.361. The third-order valence-corrected chi connectivity index (χ3v) is 1.68. The summed E-state index contributed by atoms with van der Waals surface area (Å²) in [6.07, 6.45) is 5.50. The summed E-state index contributed by atoms with van der Waals surface area (Å²) in [6.45, 7) is 2.02. The Kier molecular flexibility index (Phi) is 4.86. The minimum absolute atomic E-state index is 0. The van der Waals surface area contributed by atoms with Gasteiger partial charge >= 0.3 is 29.6 Å². The quantitative estimate of drug-likeness (QED) is 0.270. The monoisotopic (exact) mass is 134 g/mol. The Balaban J connectivity index is 0.000000640. The van der Waals surface area contributed by atoms with Gasteiger partial charge in [-0.3, -0.25) is 0 Å². The van der Waals surface area contributed by atoms with E-state index in [4.69, 9.17) is 0 Å². The van der Waals surface area contributed by atoms with Gasteiger partial charge in [0.1, 0.15) is 0 Å². The molecule has 2 heteroatoms. The van der Waals surface area contributed by atoms with Crippen LogP contribution >= 0.6 is 0 Å². The predicted molar refractivity (Wildman–Crippen MR) is 31.3 cm³/mol. The van der Waals surface area contributed by atoms with E-state index in [1.54, 1.807) is 6.08 Å². The summed E-state index contributed by atoms with van der Waals surface area (Å²) < 4.78 is 0. The van der Waals surface area contributed by atoms with Gasteiger partial charge in [0.2, 0.25) is 0 Å². The molecule has 46 valence electrons. The molecule has 1 aliphatic rings. The second-order valence-electron chi connectivity index (χ2n) is 2.45. The van der Waals surface area contributed by atoms with Crippen molar-refractivity contribution >= 4 is 0 Å². The first-order valence-electron chi connectivity index (χ1n) is 3.13. The van der Waals surface area contributed by atoms with Crippen molar-refractivity contribution < 1.29 is 34.7 Å². The number of hydrogen-bond acceptors (Lipinski definition) is 1. The van der Waals surface area contributed by atoms with E-state index in [-0.39, 0.29) is 29.6 Å². The van der Waals surface area contributed by atoms with Crippen molar-refractivity contribution in [3.8, 4) is 0 Å². The van der Waals surface area contributed by atoms with Crippen LogP contribution in [0.2, 0.25) is 0 Å². The first kappa shape index (κ1) is 9.70. The molecule has 0 N–H and O–H groups in total. The molecule has 2 unspecified atom stereocenters. The molecule has 0 bridgehead atoms. The van der Waals surface area contributed by atoms with Crippen molar-refractivity contribution in [3.05, 3.63) is 12.2 Å². The molecule has 2 atom stereocenters. The number of hydrogen-bond donors (Lipinski definition) is 0. The molecule has 0 fully saturated rings. The zero-order valence-electron chi connectivity index (χ0n) is 6.13. The van der Waals surface area contributed by atoms with Crippen LogP contribution in [0.25, 0.3) is 0 Å². The van der Waals surface area contributed by atoms with Crippen LogP contribution in [0.1, 0.15) is 19.8 Å². The van der Waals surface area contributed by atoms with Crippen molar-refractivity contribution in [3.63, 3.8) is 0 Å². The van der Waals surface area contributed by atoms with Crippen LogP contribution in [0.15, 0.2) is 12.2 Å².